The van der Waals surface area contributed by atoms with E-state index in [4.69, 9.17) is 0 Å². The SMILES string of the molecule is O=C(NCc1nc2ccccc2[nH]1)c1ccc([N+](=O)[O-])s1. The maximum absolute atomic E-state index is 11.9. The third-order valence-electron chi connectivity index (χ3n) is 2.85. The fraction of sp³-hybridized carbons (Fsp3) is 0.0769. The van der Waals surface area contributed by atoms with Crippen molar-refractivity contribution in [3.8, 4) is 0 Å². The van der Waals surface area contributed by atoms with Gasteiger partial charge in [-0.2, -0.15) is 0 Å². The van der Waals surface area contributed by atoms with Crippen molar-refractivity contribution in [1.82, 2.24) is 15.3 Å². The van der Waals surface area contributed by atoms with Crippen LogP contribution in [0.5, 0.6) is 0 Å². The molecule has 2 N–H and O–H groups in total. The largest absolute Gasteiger partial charge is 0.344 e. The Bertz CT molecular complexity index is 791. The number of H-pyrrole nitrogens is 1. The van der Waals surface area contributed by atoms with Crippen LogP contribution in [0.2, 0.25) is 0 Å². The third kappa shape index (κ3) is 2.75. The highest BCUT2D eigenvalue weighted by Crippen LogP contribution is 2.23. The number of aromatic amines is 1. The van der Waals surface area contributed by atoms with Gasteiger partial charge in [0.25, 0.3) is 5.91 Å². The molecule has 0 saturated heterocycles. The zero-order chi connectivity index (χ0) is 14.8. The van der Waals surface area contributed by atoms with Crippen LogP contribution in [0.4, 0.5) is 5.00 Å². The molecule has 0 spiro atoms. The Morgan fingerprint density at radius 3 is 2.86 bits per heavy atom. The number of carbonyl (C=O) groups is 1. The van der Waals surface area contributed by atoms with Gasteiger partial charge in [0.15, 0.2) is 0 Å². The second-order valence-corrected chi connectivity index (χ2v) is 5.34. The Kier molecular flexibility index (Phi) is 3.36. The lowest BCUT2D eigenvalue weighted by atomic mass is 10.3. The standard InChI is InChI=1S/C13H10N4O3S/c18-13(10-5-6-12(21-10)17(19)20)14-7-11-15-8-3-1-2-4-9(8)16-11/h1-6H,7H2,(H,14,18)(H,15,16). The molecule has 3 aromatic rings. The number of benzene rings is 1. The number of imidazole rings is 1. The van der Waals surface area contributed by atoms with Crippen LogP contribution in [0.3, 0.4) is 0 Å². The summed E-state index contributed by atoms with van der Waals surface area (Å²) >= 11 is 0.848. The molecule has 0 aliphatic carbocycles. The van der Waals surface area contributed by atoms with Crippen molar-refractivity contribution in [2.45, 2.75) is 6.54 Å². The summed E-state index contributed by atoms with van der Waals surface area (Å²) in [5.41, 5.74) is 1.72. The summed E-state index contributed by atoms with van der Waals surface area (Å²) in [6.07, 6.45) is 0. The Morgan fingerprint density at radius 2 is 2.14 bits per heavy atom. The van der Waals surface area contributed by atoms with Crippen molar-refractivity contribution in [2.24, 2.45) is 0 Å². The molecule has 106 valence electrons. The van der Waals surface area contributed by atoms with Gasteiger partial charge in [-0.05, 0) is 18.2 Å². The summed E-state index contributed by atoms with van der Waals surface area (Å²) in [6.45, 7) is 0.235. The third-order valence-corrected chi connectivity index (χ3v) is 3.89. The molecule has 0 bridgehead atoms. The zero-order valence-corrected chi connectivity index (χ0v) is 11.5. The van der Waals surface area contributed by atoms with Crippen LogP contribution in [0.25, 0.3) is 11.0 Å². The van der Waals surface area contributed by atoms with Crippen molar-refractivity contribution in [1.29, 1.82) is 0 Å². The number of hydrogen-bond acceptors (Lipinski definition) is 5. The van der Waals surface area contributed by atoms with Crippen molar-refractivity contribution in [2.75, 3.05) is 0 Å². The molecule has 2 heterocycles. The number of amides is 1. The van der Waals surface area contributed by atoms with Crippen LogP contribution in [0, 0.1) is 10.1 Å². The molecule has 1 amide bonds. The highest BCUT2D eigenvalue weighted by molar-refractivity contribution is 7.17. The van der Waals surface area contributed by atoms with E-state index >= 15 is 0 Å². The van der Waals surface area contributed by atoms with Crippen molar-refractivity contribution in [3.05, 3.63) is 57.2 Å². The van der Waals surface area contributed by atoms with Gasteiger partial charge in [0.2, 0.25) is 0 Å². The molecule has 7 nitrogen and oxygen atoms in total. The lowest BCUT2D eigenvalue weighted by Gasteiger charge is -1.99. The molecular weight excluding hydrogens is 292 g/mol. The van der Waals surface area contributed by atoms with E-state index in [1.807, 2.05) is 24.3 Å². The smallest absolute Gasteiger partial charge is 0.324 e. The molecule has 0 saturated carbocycles. The van der Waals surface area contributed by atoms with E-state index in [2.05, 4.69) is 15.3 Å². The summed E-state index contributed by atoms with van der Waals surface area (Å²) in [7, 11) is 0. The van der Waals surface area contributed by atoms with Gasteiger partial charge >= 0.3 is 5.00 Å². The van der Waals surface area contributed by atoms with Crippen LogP contribution < -0.4 is 5.32 Å². The van der Waals surface area contributed by atoms with Crippen molar-refractivity contribution >= 4 is 33.3 Å². The fourth-order valence-corrected chi connectivity index (χ4v) is 2.63. The summed E-state index contributed by atoms with van der Waals surface area (Å²) in [5, 5.41) is 13.2. The van der Waals surface area contributed by atoms with Crippen LogP contribution in [0.15, 0.2) is 36.4 Å². The molecule has 0 radical (unpaired) electrons. The molecule has 1 aromatic carbocycles. The lowest BCUT2D eigenvalue weighted by molar-refractivity contribution is -0.380. The molecule has 0 aliphatic heterocycles. The maximum atomic E-state index is 11.9. The number of carbonyl (C=O) groups excluding carboxylic acids is 1. The first-order valence-corrected chi connectivity index (χ1v) is 6.91. The normalized spacial score (nSPS) is 10.7. The van der Waals surface area contributed by atoms with Gasteiger partial charge in [0.05, 0.1) is 27.4 Å². The molecule has 2 aromatic heterocycles. The zero-order valence-electron chi connectivity index (χ0n) is 10.7. The van der Waals surface area contributed by atoms with Crippen LogP contribution in [-0.2, 0) is 6.54 Å². The van der Waals surface area contributed by atoms with Gasteiger partial charge in [-0.1, -0.05) is 23.5 Å². The van der Waals surface area contributed by atoms with Gasteiger partial charge in [-0.3, -0.25) is 14.9 Å². The van der Waals surface area contributed by atoms with Crippen molar-refractivity contribution < 1.29 is 9.72 Å². The minimum atomic E-state index is -0.513. The molecule has 0 aliphatic rings. The van der Waals surface area contributed by atoms with Crippen molar-refractivity contribution in [3.63, 3.8) is 0 Å². The number of aromatic nitrogens is 2. The number of rotatable bonds is 4. The van der Waals surface area contributed by atoms with Crippen LogP contribution >= 0.6 is 11.3 Å². The quantitative estimate of drug-likeness (QED) is 0.571. The minimum absolute atomic E-state index is 0.0520. The number of hydrogen-bond donors (Lipinski definition) is 2. The highest BCUT2D eigenvalue weighted by Gasteiger charge is 2.15. The first kappa shape index (κ1) is 13.3. The highest BCUT2D eigenvalue weighted by atomic mass is 32.1. The topological polar surface area (TPSA) is 101 Å². The molecule has 3 rings (SSSR count). The van der Waals surface area contributed by atoms with E-state index in [-0.39, 0.29) is 17.5 Å². The van der Waals surface area contributed by atoms with E-state index in [0.29, 0.717) is 10.7 Å². The lowest BCUT2D eigenvalue weighted by Crippen LogP contribution is -2.22. The maximum Gasteiger partial charge on any atom is 0.324 e. The van der Waals surface area contributed by atoms with E-state index < -0.39 is 4.92 Å². The van der Waals surface area contributed by atoms with E-state index in [1.54, 1.807) is 0 Å². The number of thiophene rings is 1. The summed E-state index contributed by atoms with van der Waals surface area (Å²) < 4.78 is 0. The first-order valence-electron chi connectivity index (χ1n) is 6.09. The Labute approximate surface area is 122 Å². The molecule has 21 heavy (non-hydrogen) atoms. The predicted molar refractivity (Wildman–Crippen MR) is 78.2 cm³/mol. The average Bonchev–Trinajstić information content (AvgIpc) is 3.11. The Morgan fingerprint density at radius 1 is 1.33 bits per heavy atom. The van der Waals surface area contributed by atoms with E-state index in [1.165, 1.54) is 12.1 Å². The van der Waals surface area contributed by atoms with E-state index in [9.17, 15) is 14.9 Å². The molecule has 0 fully saturated rings. The minimum Gasteiger partial charge on any atom is -0.344 e. The monoisotopic (exact) mass is 302 g/mol. The molecular formula is C13H10N4O3S. The van der Waals surface area contributed by atoms with Crippen LogP contribution in [-0.4, -0.2) is 20.8 Å². The second kappa shape index (κ2) is 5.33. The molecule has 0 atom stereocenters. The second-order valence-electron chi connectivity index (χ2n) is 4.28. The summed E-state index contributed by atoms with van der Waals surface area (Å²) in [4.78, 5) is 29.7. The number of nitrogens with one attached hydrogen (secondary N) is 2. The summed E-state index contributed by atoms with van der Waals surface area (Å²) in [6, 6.07) is 10.3. The molecule has 8 heteroatoms. The van der Waals surface area contributed by atoms with Gasteiger partial charge in [-0.25, -0.2) is 4.98 Å². The molecule has 0 unspecified atom stereocenters. The Balaban J connectivity index is 1.68. The average molecular weight is 302 g/mol. The van der Waals surface area contributed by atoms with Gasteiger partial charge in [0, 0.05) is 6.07 Å². The number of nitro groups is 1. The predicted octanol–water partition coefficient (Wildman–Crippen LogP) is 2.46. The van der Waals surface area contributed by atoms with Gasteiger partial charge in [-0.15, -0.1) is 0 Å². The number of para-hydroxylation sites is 2. The fourth-order valence-electron chi connectivity index (χ4n) is 1.89. The Hall–Kier alpha value is -2.74. The van der Waals surface area contributed by atoms with Gasteiger partial charge < -0.3 is 10.3 Å². The van der Waals surface area contributed by atoms with Crippen LogP contribution in [0.1, 0.15) is 15.5 Å². The first-order chi connectivity index (χ1) is 10.1. The van der Waals surface area contributed by atoms with E-state index in [0.717, 1.165) is 22.4 Å². The summed E-state index contributed by atoms with van der Waals surface area (Å²) in [5.74, 6) is 0.282. The van der Waals surface area contributed by atoms with Gasteiger partial charge in [0.1, 0.15) is 5.82 Å². The number of nitrogens with zero attached hydrogens (tertiary/aromatic N) is 2. The number of fused-ring (bicyclic) bond motifs is 1.